The molecule has 0 amide bonds. The molecular weight excluding hydrogens is 222 g/mol. The lowest BCUT2D eigenvalue weighted by atomic mass is 10.3. The van der Waals surface area contributed by atoms with Crippen molar-refractivity contribution < 1.29 is 0 Å². The average Bonchev–Trinajstić information content (AvgIpc) is 2.39. The van der Waals surface area contributed by atoms with E-state index in [9.17, 15) is 0 Å². The van der Waals surface area contributed by atoms with E-state index in [1.807, 2.05) is 0 Å². The molecule has 0 spiro atoms. The Hall–Kier alpha value is -1.54. The predicted molar refractivity (Wildman–Crippen MR) is 78.1 cm³/mol. The van der Waals surface area contributed by atoms with Crippen molar-refractivity contribution in [1.29, 1.82) is 0 Å². The molecule has 2 aromatic rings. The minimum atomic E-state index is -0.627. The van der Waals surface area contributed by atoms with Gasteiger partial charge >= 0.3 is 0 Å². The summed E-state index contributed by atoms with van der Waals surface area (Å²) in [6.07, 6.45) is 0. The predicted octanol–water partition coefficient (Wildman–Crippen LogP) is 1.99. The second-order valence-corrected chi connectivity index (χ2v) is 6.84. The van der Waals surface area contributed by atoms with Gasteiger partial charge in [0.1, 0.15) is 8.80 Å². The zero-order chi connectivity index (χ0) is 12.3. The van der Waals surface area contributed by atoms with Crippen LogP contribution in [0.5, 0.6) is 0 Å². The van der Waals surface area contributed by atoms with Gasteiger partial charge in [-0.15, -0.1) is 0 Å². The monoisotopic (exact) mass is 240 g/mol. The minimum absolute atomic E-state index is 0.627. The Morgan fingerprint density at radius 2 is 1.47 bits per heavy atom. The average molecular weight is 240 g/mol. The van der Waals surface area contributed by atoms with Crippen LogP contribution in [0.25, 0.3) is 0 Å². The summed E-state index contributed by atoms with van der Waals surface area (Å²) in [5.74, 6) is 0. The summed E-state index contributed by atoms with van der Waals surface area (Å²) in [5, 5.41) is 2.93. The van der Waals surface area contributed by atoms with Crippen molar-refractivity contribution >= 4 is 24.9 Å². The molecule has 0 N–H and O–H groups in total. The second-order valence-electron chi connectivity index (χ2n) is 4.44. The summed E-state index contributed by atoms with van der Waals surface area (Å²) in [6.45, 7) is 2.36. The Morgan fingerprint density at radius 3 is 2.12 bits per heavy atom. The van der Waals surface area contributed by atoms with Crippen molar-refractivity contribution in [3.8, 4) is 0 Å². The highest BCUT2D eigenvalue weighted by Gasteiger charge is 2.10. The maximum atomic E-state index is 2.36. The molecule has 17 heavy (non-hydrogen) atoms. The van der Waals surface area contributed by atoms with Gasteiger partial charge in [0.2, 0.25) is 0 Å². The number of hydrogen-bond acceptors (Lipinski definition) is 1. The Balaban J connectivity index is 2.31. The summed E-state index contributed by atoms with van der Waals surface area (Å²) in [7, 11) is 3.55. The smallest absolute Gasteiger partial charge is 0.118 e. The van der Waals surface area contributed by atoms with Crippen LogP contribution in [-0.2, 0) is 0 Å². The van der Waals surface area contributed by atoms with Gasteiger partial charge in [-0.3, -0.25) is 0 Å². The molecule has 0 aliphatic heterocycles. The van der Waals surface area contributed by atoms with E-state index >= 15 is 0 Å². The van der Waals surface area contributed by atoms with E-state index in [1.165, 1.54) is 16.1 Å². The van der Waals surface area contributed by atoms with E-state index in [-0.39, 0.29) is 0 Å². The van der Waals surface area contributed by atoms with Crippen molar-refractivity contribution in [1.82, 2.24) is 0 Å². The Kier molecular flexibility index (Phi) is 3.64. The number of hydrogen-bond donors (Lipinski definition) is 0. The zero-order valence-electron chi connectivity index (χ0n) is 10.6. The first kappa shape index (κ1) is 11.9. The van der Waals surface area contributed by atoms with Crippen LogP contribution in [0.1, 0.15) is 0 Å². The minimum Gasteiger partial charge on any atom is -0.378 e. The molecule has 2 rings (SSSR count). The lowest BCUT2D eigenvalue weighted by Gasteiger charge is -2.16. The molecule has 0 fully saturated rings. The van der Waals surface area contributed by atoms with Crippen molar-refractivity contribution in [3.63, 3.8) is 0 Å². The highest BCUT2D eigenvalue weighted by molar-refractivity contribution is 6.84. The summed E-state index contributed by atoms with van der Waals surface area (Å²) < 4.78 is 0. The van der Waals surface area contributed by atoms with Gasteiger partial charge in [-0.05, 0) is 12.1 Å². The first-order valence-electron chi connectivity index (χ1n) is 5.85. The van der Waals surface area contributed by atoms with E-state index in [0.717, 1.165) is 0 Å². The molecule has 0 bridgehead atoms. The van der Waals surface area contributed by atoms with Crippen LogP contribution in [0, 0.1) is 0 Å². The van der Waals surface area contributed by atoms with Gasteiger partial charge in [0.25, 0.3) is 0 Å². The van der Waals surface area contributed by atoms with Crippen molar-refractivity contribution in [3.05, 3.63) is 54.6 Å². The standard InChI is InChI=1S/C15H18NSi/c1-16(2)13-8-7-11-15(12-13)17(3)14-9-5-4-6-10-14/h4-12H,1-3H3. The fourth-order valence-electron chi connectivity index (χ4n) is 1.87. The third kappa shape index (κ3) is 2.77. The summed E-state index contributed by atoms with van der Waals surface area (Å²) in [6, 6.07) is 19.7. The number of benzene rings is 2. The van der Waals surface area contributed by atoms with Crippen LogP contribution in [0.4, 0.5) is 5.69 Å². The molecule has 2 aromatic carbocycles. The molecule has 0 aromatic heterocycles. The van der Waals surface area contributed by atoms with E-state index in [2.05, 4.69) is 80.1 Å². The molecule has 0 atom stereocenters. The topological polar surface area (TPSA) is 3.24 Å². The first-order chi connectivity index (χ1) is 8.18. The molecule has 0 aliphatic carbocycles. The van der Waals surface area contributed by atoms with Gasteiger partial charge in [0.15, 0.2) is 0 Å². The largest absolute Gasteiger partial charge is 0.378 e. The van der Waals surface area contributed by atoms with Gasteiger partial charge in [0.05, 0.1) is 0 Å². The Bertz CT molecular complexity index is 479. The molecule has 1 nitrogen and oxygen atoms in total. The summed E-state index contributed by atoms with van der Waals surface area (Å²) in [4.78, 5) is 2.16. The maximum absolute atomic E-state index is 2.36. The van der Waals surface area contributed by atoms with E-state index in [4.69, 9.17) is 0 Å². The van der Waals surface area contributed by atoms with Gasteiger partial charge in [-0.25, -0.2) is 0 Å². The number of anilines is 1. The Morgan fingerprint density at radius 1 is 0.824 bits per heavy atom. The van der Waals surface area contributed by atoms with Crippen molar-refractivity contribution in [2.45, 2.75) is 6.55 Å². The fraction of sp³-hybridized carbons (Fsp3) is 0.200. The quantitative estimate of drug-likeness (QED) is 0.742. The molecule has 0 saturated carbocycles. The highest BCUT2D eigenvalue weighted by Crippen LogP contribution is 2.08. The zero-order valence-corrected chi connectivity index (χ0v) is 11.6. The van der Waals surface area contributed by atoms with E-state index in [0.29, 0.717) is 0 Å². The molecule has 2 heteroatoms. The van der Waals surface area contributed by atoms with Crippen LogP contribution in [-0.4, -0.2) is 22.9 Å². The molecule has 0 heterocycles. The van der Waals surface area contributed by atoms with E-state index in [1.54, 1.807) is 0 Å². The molecule has 0 aliphatic rings. The van der Waals surface area contributed by atoms with Crippen LogP contribution >= 0.6 is 0 Å². The van der Waals surface area contributed by atoms with E-state index < -0.39 is 8.80 Å². The third-order valence-corrected chi connectivity index (χ3v) is 5.38. The Labute approximate surface area is 105 Å². The normalized spacial score (nSPS) is 10.6. The molecule has 0 saturated heterocycles. The SMILES string of the molecule is CN(C)c1cccc([Si](C)c2ccccc2)c1. The van der Waals surface area contributed by atoms with Crippen LogP contribution in [0.15, 0.2) is 54.6 Å². The summed E-state index contributed by atoms with van der Waals surface area (Å²) >= 11 is 0. The van der Waals surface area contributed by atoms with Crippen molar-refractivity contribution in [2.75, 3.05) is 19.0 Å². The fourth-order valence-corrected chi connectivity index (χ4v) is 3.61. The number of rotatable bonds is 3. The second kappa shape index (κ2) is 5.19. The van der Waals surface area contributed by atoms with Crippen LogP contribution in [0.2, 0.25) is 6.55 Å². The van der Waals surface area contributed by atoms with Gasteiger partial charge < -0.3 is 4.90 Å². The van der Waals surface area contributed by atoms with Gasteiger partial charge in [-0.2, -0.15) is 0 Å². The summed E-state index contributed by atoms with van der Waals surface area (Å²) in [5.41, 5.74) is 1.28. The maximum Gasteiger partial charge on any atom is 0.118 e. The lowest BCUT2D eigenvalue weighted by Crippen LogP contribution is -2.39. The van der Waals surface area contributed by atoms with Crippen LogP contribution in [0.3, 0.4) is 0 Å². The molecule has 0 unspecified atom stereocenters. The van der Waals surface area contributed by atoms with Gasteiger partial charge in [0, 0.05) is 19.8 Å². The third-order valence-electron chi connectivity index (χ3n) is 3.00. The highest BCUT2D eigenvalue weighted by atomic mass is 28.3. The first-order valence-corrected chi connectivity index (χ1v) is 7.85. The lowest BCUT2D eigenvalue weighted by molar-refractivity contribution is 1.13. The molecule has 1 radical (unpaired) electrons. The number of nitrogens with zero attached hydrogens (tertiary/aromatic N) is 1. The molecular formula is C15H18NSi. The van der Waals surface area contributed by atoms with Gasteiger partial charge in [-0.1, -0.05) is 59.4 Å². The van der Waals surface area contributed by atoms with Crippen molar-refractivity contribution in [2.24, 2.45) is 0 Å². The molecule has 87 valence electrons. The van der Waals surface area contributed by atoms with Crippen LogP contribution < -0.4 is 15.3 Å².